The van der Waals surface area contributed by atoms with E-state index < -0.39 is 10.0 Å². The minimum Gasteiger partial charge on any atom is -0.492 e. The van der Waals surface area contributed by atoms with Crippen molar-refractivity contribution >= 4 is 33.0 Å². The molecule has 0 saturated heterocycles. The van der Waals surface area contributed by atoms with Crippen molar-refractivity contribution in [1.29, 1.82) is 0 Å². The third kappa shape index (κ3) is 5.65. The maximum Gasteiger partial charge on any atom is 0.242 e. The van der Waals surface area contributed by atoms with Gasteiger partial charge in [0.1, 0.15) is 18.2 Å². The van der Waals surface area contributed by atoms with Gasteiger partial charge in [0.2, 0.25) is 10.0 Å². The SMILES string of the molecule is CN(C)S(=O)(=O)c1ccc(OCCNC(=S)Nc2ccc(F)cc2)cc1. The number of sulfonamides is 1. The average molecular weight is 397 g/mol. The summed E-state index contributed by atoms with van der Waals surface area (Å²) in [5.74, 6) is 0.245. The monoisotopic (exact) mass is 397 g/mol. The predicted octanol–water partition coefficient (Wildman–Crippen LogP) is 2.44. The van der Waals surface area contributed by atoms with E-state index in [2.05, 4.69) is 10.6 Å². The Hall–Kier alpha value is -2.23. The Bertz CT molecular complexity index is 839. The molecule has 0 aromatic heterocycles. The van der Waals surface area contributed by atoms with E-state index >= 15 is 0 Å². The molecule has 6 nitrogen and oxygen atoms in total. The van der Waals surface area contributed by atoms with Crippen LogP contribution in [0.5, 0.6) is 5.75 Å². The molecule has 2 aromatic carbocycles. The highest BCUT2D eigenvalue weighted by Gasteiger charge is 2.16. The van der Waals surface area contributed by atoms with Gasteiger partial charge in [-0.25, -0.2) is 17.1 Å². The number of halogens is 1. The molecule has 0 aliphatic heterocycles. The zero-order valence-electron chi connectivity index (χ0n) is 14.4. The first kappa shape index (κ1) is 20.1. The number of nitrogens with zero attached hydrogens (tertiary/aromatic N) is 1. The lowest BCUT2D eigenvalue weighted by Gasteiger charge is -2.13. The lowest BCUT2D eigenvalue weighted by atomic mass is 10.3. The Labute approximate surface area is 158 Å². The first-order chi connectivity index (χ1) is 12.3. The molecule has 0 bridgehead atoms. The normalized spacial score (nSPS) is 11.2. The summed E-state index contributed by atoms with van der Waals surface area (Å²) in [6.07, 6.45) is 0. The molecular weight excluding hydrogens is 377 g/mol. The molecule has 0 fully saturated rings. The van der Waals surface area contributed by atoms with Crippen LogP contribution in [0.25, 0.3) is 0 Å². The molecule has 0 heterocycles. The maximum absolute atomic E-state index is 12.8. The third-order valence-electron chi connectivity index (χ3n) is 3.36. The molecule has 9 heteroatoms. The van der Waals surface area contributed by atoms with Crippen LogP contribution < -0.4 is 15.4 Å². The van der Waals surface area contributed by atoms with Gasteiger partial charge in [0, 0.05) is 19.8 Å². The molecular formula is C17H20FN3O3S2. The van der Waals surface area contributed by atoms with Gasteiger partial charge in [-0.1, -0.05) is 0 Å². The van der Waals surface area contributed by atoms with Gasteiger partial charge in [-0.3, -0.25) is 0 Å². The van der Waals surface area contributed by atoms with Gasteiger partial charge >= 0.3 is 0 Å². The molecule has 0 radical (unpaired) electrons. The van der Waals surface area contributed by atoms with Gasteiger partial charge in [0.05, 0.1) is 11.4 Å². The molecule has 0 unspecified atom stereocenters. The number of hydrogen-bond acceptors (Lipinski definition) is 4. The smallest absolute Gasteiger partial charge is 0.242 e. The zero-order chi connectivity index (χ0) is 19.2. The number of rotatable bonds is 7. The Morgan fingerprint density at radius 3 is 2.31 bits per heavy atom. The molecule has 0 amide bonds. The van der Waals surface area contributed by atoms with Crippen molar-refractivity contribution < 1.29 is 17.5 Å². The van der Waals surface area contributed by atoms with Gasteiger partial charge in [-0.15, -0.1) is 0 Å². The van der Waals surface area contributed by atoms with Gasteiger partial charge in [-0.05, 0) is 60.7 Å². The largest absolute Gasteiger partial charge is 0.492 e. The molecule has 0 aliphatic carbocycles. The summed E-state index contributed by atoms with van der Waals surface area (Å²) < 4.78 is 43.5. The minimum absolute atomic E-state index is 0.206. The number of anilines is 1. The second-order valence-corrected chi connectivity index (χ2v) is 8.06. The van der Waals surface area contributed by atoms with Crippen LogP contribution in [0.4, 0.5) is 10.1 Å². The van der Waals surface area contributed by atoms with Crippen LogP contribution >= 0.6 is 12.2 Å². The summed E-state index contributed by atoms with van der Waals surface area (Å²) >= 11 is 5.14. The first-order valence-electron chi connectivity index (χ1n) is 7.75. The third-order valence-corrected chi connectivity index (χ3v) is 5.44. The van der Waals surface area contributed by atoms with Crippen LogP contribution in [0.1, 0.15) is 0 Å². The number of benzene rings is 2. The quantitative estimate of drug-likeness (QED) is 0.552. The summed E-state index contributed by atoms with van der Waals surface area (Å²) in [5.41, 5.74) is 0.683. The van der Waals surface area contributed by atoms with E-state index in [-0.39, 0.29) is 10.7 Å². The minimum atomic E-state index is -3.45. The Balaban J connectivity index is 1.76. The highest BCUT2D eigenvalue weighted by molar-refractivity contribution is 7.89. The first-order valence-corrected chi connectivity index (χ1v) is 9.59. The van der Waals surface area contributed by atoms with E-state index in [0.29, 0.717) is 29.7 Å². The lowest BCUT2D eigenvalue weighted by molar-refractivity contribution is 0.322. The number of hydrogen-bond donors (Lipinski definition) is 2. The standard InChI is InChI=1S/C17H20FN3O3S2/c1-21(2)26(22,23)16-9-7-15(8-10-16)24-12-11-19-17(25)20-14-5-3-13(18)4-6-14/h3-10H,11-12H2,1-2H3,(H2,19,20,25). The highest BCUT2D eigenvalue weighted by atomic mass is 32.2. The Morgan fingerprint density at radius 1 is 1.12 bits per heavy atom. The van der Waals surface area contributed by atoms with E-state index in [0.717, 1.165) is 4.31 Å². The van der Waals surface area contributed by atoms with Crippen molar-refractivity contribution in [2.24, 2.45) is 0 Å². The second kappa shape index (κ2) is 8.93. The molecule has 0 atom stereocenters. The topological polar surface area (TPSA) is 70.7 Å². The molecule has 2 N–H and O–H groups in total. The molecule has 0 spiro atoms. The van der Waals surface area contributed by atoms with E-state index in [1.54, 1.807) is 24.3 Å². The van der Waals surface area contributed by atoms with E-state index in [1.807, 2.05) is 0 Å². The molecule has 0 saturated carbocycles. The molecule has 140 valence electrons. The molecule has 2 rings (SSSR count). The Morgan fingerprint density at radius 2 is 1.73 bits per heavy atom. The second-order valence-electron chi connectivity index (χ2n) is 5.50. The highest BCUT2D eigenvalue weighted by Crippen LogP contribution is 2.17. The van der Waals surface area contributed by atoms with Gasteiger partial charge in [0.15, 0.2) is 5.11 Å². The van der Waals surface area contributed by atoms with Crippen molar-refractivity contribution in [2.45, 2.75) is 4.90 Å². The number of thiocarbonyl (C=S) groups is 1. The van der Waals surface area contributed by atoms with Crippen LogP contribution in [0.15, 0.2) is 53.4 Å². The summed E-state index contributed by atoms with van der Waals surface area (Å²) in [6.45, 7) is 0.787. The number of ether oxygens (including phenoxy) is 1. The fraction of sp³-hybridized carbons (Fsp3) is 0.235. The van der Waals surface area contributed by atoms with E-state index in [9.17, 15) is 12.8 Å². The maximum atomic E-state index is 12.8. The average Bonchev–Trinajstić information content (AvgIpc) is 2.61. The summed E-state index contributed by atoms with van der Waals surface area (Å²) in [6, 6.07) is 12.1. The van der Waals surface area contributed by atoms with Crippen molar-refractivity contribution in [3.05, 3.63) is 54.3 Å². The summed E-state index contributed by atoms with van der Waals surface area (Å²) in [4.78, 5) is 0.206. The van der Waals surface area contributed by atoms with Crippen LogP contribution in [0.3, 0.4) is 0 Å². The van der Waals surface area contributed by atoms with Gasteiger partial charge < -0.3 is 15.4 Å². The summed E-state index contributed by atoms with van der Waals surface area (Å²) in [5, 5.41) is 6.29. The van der Waals surface area contributed by atoms with E-state index in [1.165, 1.54) is 38.4 Å². The molecule has 2 aromatic rings. The van der Waals surface area contributed by atoms with Crippen molar-refractivity contribution in [1.82, 2.24) is 9.62 Å². The van der Waals surface area contributed by atoms with Gasteiger partial charge in [0.25, 0.3) is 0 Å². The molecule has 26 heavy (non-hydrogen) atoms. The fourth-order valence-corrected chi connectivity index (χ4v) is 3.08. The summed E-state index contributed by atoms with van der Waals surface area (Å²) in [7, 11) is -0.485. The van der Waals surface area contributed by atoms with Crippen LogP contribution in [-0.2, 0) is 10.0 Å². The van der Waals surface area contributed by atoms with Gasteiger partial charge in [-0.2, -0.15) is 0 Å². The molecule has 0 aliphatic rings. The van der Waals surface area contributed by atoms with E-state index in [4.69, 9.17) is 17.0 Å². The van der Waals surface area contributed by atoms with Crippen molar-refractivity contribution in [3.8, 4) is 5.75 Å². The van der Waals surface area contributed by atoms with Crippen LogP contribution in [-0.4, -0.2) is 45.1 Å². The lowest BCUT2D eigenvalue weighted by Crippen LogP contribution is -2.31. The zero-order valence-corrected chi connectivity index (χ0v) is 16.0. The van der Waals surface area contributed by atoms with Crippen molar-refractivity contribution in [2.75, 3.05) is 32.6 Å². The number of nitrogens with one attached hydrogen (secondary N) is 2. The predicted molar refractivity (Wildman–Crippen MR) is 103 cm³/mol. The Kier molecular flexibility index (Phi) is 6.90. The van der Waals surface area contributed by atoms with Crippen LogP contribution in [0.2, 0.25) is 0 Å². The van der Waals surface area contributed by atoms with Crippen molar-refractivity contribution in [3.63, 3.8) is 0 Å². The fourth-order valence-electron chi connectivity index (χ4n) is 1.96. The van der Waals surface area contributed by atoms with Crippen LogP contribution in [0, 0.1) is 5.82 Å².